The van der Waals surface area contributed by atoms with E-state index in [4.69, 9.17) is 4.42 Å². The highest BCUT2D eigenvalue weighted by Crippen LogP contribution is 2.20. The van der Waals surface area contributed by atoms with Crippen molar-refractivity contribution < 1.29 is 4.42 Å². The largest absolute Gasteiger partial charge is 0.452 e. The fourth-order valence-corrected chi connectivity index (χ4v) is 2.26. The van der Waals surface area contributed by atoms with Crippen molar-refractivity contribution in [2.45, 2.75) is 6.54 Å². The highest BCUT2D eigenvalue weighted by Gasteiger charge is 2.04. The molecule has 0 unspecified atom stereocenters. The van der Waals surface area contributed by atoms with Crippen LogP contribution in [0.15, 0.2) is 51.8 Å². The van der Waals surface area contributed by atoms with E-state index in [1.54, 1.807) is 6.33 Å². The van der Waals surface area contributed by atoms with E-state index in [-0.39, 0.29) is 0 Å². The fraction of sp³-hybridized carbons (Fsp3) is 0.143. The van der Waals surface area contributed by atoms with Crippen LogP contribution in [0.25, 0.3) is 11.4 Å². The van der Waals surface area contributed by atoms with Crippen LogP contribution >= 0.6 is 15.9 Å². The molecule has 0 atom stereocenters. The lowest BCUT2D eigenvalue weighted by atomic mass is 10.2. The van der Waals surface area contributed by atoms with Gasteiger partial charge in [-0.2, -0.15) is 0 Å². The molecule has 3 aromatic rings. The molecule has 0 fully saturated rings. The molecule has 0 aliphatic heterocycles. The Labute approximate surface area is 124 Å². The predicted molar refractivity (Wildman–Crippen MR) is 80.2 cm³/mol. The lowest BCUT2D eigenvalue weighted by Gasteiger charge is -2.06. The zero-order valence-electron chi connectivity index (χ0n) is 10.9. The van der Waals surface area contributed by atoms with Crippen molar-refractivity contribution in [3.8, 4) is 11.4 Å². The molecule has 20 heavy (non-hydrogen) atoms. The van der Waals surface area contributed by atoms with Gasteiger partial charge in [0.25, 0.3) is 0 Å². The van der Waals surface area contributed by atoms with E-state index in [9.17, 15) is 0 Å². The number of halogens is 1. The molecule has 0 aliphatic carbocycles. The first kappa shape index (κ1) is 12.9. The molecule has 5 nitrogen and oxygen atoms in total. The third-order valence-electron chi connectivity index (χ3n) is 2.95. The molecule has 2 heterocycles. The Morgan fingerprint density at radius 1 is 1.20 bits per heavy atom. The SMILES string of the molecule is Cn1cnnc1-c1ccc(NCc2ccc(Br)o2)cc1. The molecule has 0 amide bonds. The van der Waals surface area contributed by atoms with Gasteiger partial charge in [-0.05, 0) is 52.3 Å². The lowest BCUT2D eigenvalue weighted by molar-refractivity contribution is 0.495. The minimum atomic E-state index is 0.648. The summed E-state index contributed by atoms with van der Waals surface area (Å²) in [7, 11) is 1.93. The van der Waals surface area contributed by atoms with Crippen LogP contribution in [0.3, 0.4) is 0 Å². The van der Waals surface area contributed by atoms with Gasteiger partial charge in [0.2, 0.25) is 0 Å². The molecule has 0 saturated heterocycles. The van der Waals surface area contributed by atoms with Crippen LogP contribution < -0.4 is 5.32 Å². The monoisotopic (exact) mass is 332 g/mol. The average Bonchev–Trinajstić information content (AvgIpc) is 3.06. The van der Waals surface area contributed by atoms with Crippen molar-refractivity contribution in [1.29, 1.82) is 0 Å². The number of aryl methyl sites for hydroxylation is 1. The van der Waals surface area contributed by atoms with Crippen molar-refractivity contribution in [2.24, 2.45) is 7.05 Å². The summed E-state index contributed by atoms with van der Waals surface area (Å²) in [6.07, 6.45) is 1.69. The summed E-state index contributed by atoms with van der Waals surface area (Å²) < 4.78 is 8.07. The van der Waals surface area contributed by atoms with Crippen LogP contribution in [-0.4, -0.2) is 14.8 Å². The van der Waals surface area contributed by atoms with E-state index in [2.05, 4.69) is 31.4 Å². The van der Waals surface area contributed by atoms with Crippen LogP contribution in [0.1, 0.15) is 5.76 Å². The summed E-state index contributed by atoms with van der Waals surface area (Å²) in [4.78, 5) is 0. The van der Waals surface area contributed by atoms with Crippen molar-refractivity contribution in [2.75, 3.05) is 5.32 Å². The van der Waals surface area contributed by atoms with Gasteiger partial charge in [0, 0.05) is 18.3 Å². The van der Waals surface area contributed by atoms with Crippen LogP contribution in [0, 0.1) is 0 Å². The highest BCUT2D eigenvalue weighted by atomic mass is 79.9. The maximum Gasteiger partial charge on any atom is 0.169 e. The Kier molecular flexibility index (Phi) is 3.56. The molecule has 0 saturated carbocycles. The van der Waals surface area contributed by atoms with E-state index in [1.807, 2.05) is 48.0 Å². The Morgan fingerprint density at radius 3 is 2.60 bits per heavy atom. The summed E-state index contributed by atoms with van der Waals surface area (Å²) in [5.41, 5.74) is 2.07. The quantitative estimate of drug-likeness (QED) is 0.795. The summed E-state index contributed by atoms with van der Waals surface area (Å²) >= 11 is 3.29. The number of nitrogens with one attached hydrogen (secondary N) is 1. The van der Waals surface area contributed by atoms with Crippen LogP contribution in [0.5, 0.6) is 0 Å². The van der Waals surface area contributed by atoms with Gasteiger partial charge in [0.15, 0.2) is 10.5 Å². The van der Waals surface area contributed by atoms with Gasteiger partial charge in [0.1, 0.15) is 12.1 Å². The van der Waals surface area contributed by atoms with E-state index in [0.29, 0.717) is 6.54 Å². The number of nitrogens with zero attached hydrogens (tertiary/aromatic N) is 3. The van der Waals surface area contributed by atoms with Crippen molar-refractivity contribution in [1.82, 2.24) is 14.8 Å². The second-order valence-corrected chi connectivity index (χ2v) is 5.18. The van der Waals surface area contributed by atoms with Gasteiger partial charge in [-0.25, -0.2) is 0 Å². The van der Waals surface area contributed by atoms with Gasteiger partial charge >= 0.3 is 0 Å². The summed E-state index contributed by atoms with van der Waals surface area (Å²) in [6, 6.07) is 11.9. The standard InChI is InChI=1S/C14H13BrN4O/c1-19-9-17-18-14(19)10-2-4-11(5-3-10)16-8-12-6-7-13(15)20-12/h2-7,9,16H,8H2,1H3. The smallest absolute Gasteiger partial charge is 0.169 e. The summed E-state index contributed by atoms with van der Waals surface area (Å²) in [5, 5.41) is 11.3. The first-order valence-corrected chi connectivity index (χ1v) is 6.94. The highest BCUT2D eigenvalue weighted by molar-refractivity contribution is 9.10. The third-order valence-corrected chi connectivity index (χ3v) is 3.38. The van der Waals surface area contributed by atoms with Crippen molar-refractivity contribution in [3.05, 3.63) is 53.2 Å². The number of rotatable bonds is 4. The molecule has 0 radical (unpaired) electrons. The molecule has 0 bridgehead atoms. The van der Waals surface area contributed by atoms with E-state index in [1.165, 1.54) is 0 Å². The van der Waals surface area contributed by atoms with E-state index in [0.717, 1.165) is 27.5 Å². The fourth-order valence-electron chi connectivity index (χ4n) is 1.92. The normalized spacial score (nSPS) is 10.7. The minimum absolute atomic E-state index is 0.648. The number of hydrogen-bond acceptors (Lipinski definition) is 4. The second kappa shape index (κ2) is 5.50. The molecule has 102 valence electrons. The predicted octanol–water partition coefficient (Wildman–Crippen LogP) is 3.45. The molecular formula is C14H13BrN4O. The third kappa shape index (κ3) is 2.75. The first-order chi connectivity index (χ1) is 9.72. The number of aromatic nitrogens is 3. The Balaban J connectivity index is 1.69. The van der Waals surface area contributed by atoms with Gasteiger partial charge in [0.05, 0.1) is 6.54 Å². The number of benzene rings is 1. The minimum Gasteiger partial charge on any atom is -0.452 e. The number of furan rings is 1. The second-order valence-electron chi connectivity index (χ2n) is 4.40. The number of hydrogen-bond donors (Lipinski definition) is 1. The number of anilines is 1. The van der Waals surface area contributed by atoms with Gasteiger partial charge < -0.3 is 14.3 Å². The Morgan fingerprint density at radius 2 is 2.00 bits per heavy atom. The van der Waals surface area contributed by atoms with Crippen molar-refractivity contribution in [3.63, 3.8) is 0 Å². The van der Waals surface area contributed by atoms with Gasteiger partial charge in [-0.3, -0.25) is 0 Å². The van der Waals surface area contributed by atoms with Crippen LogP contribution in [-0.2, 0) is 13.6 Å². The summed E-state index contributed by atoms with van der Waals surface area (Å²) in [5.74, 6) is 1.74. The molecule has 1 aromatic carbocycles. The molecule has 0 aliphatic rings. The zero-order valence-corrected chi connectivity index (χ0v) is 12.5. The van der Waals surface area contributed by atoms with Gasteiger partial charge in [-0.1, -0.05) is 0 Å². The first-order valence-electron chi connectivity index (χ1n) is 6.15. The van der Waals surface area contributed by atoms with E-state index >= 15 is 0 Å². The Bertz CT molecular complexity index is 702. The van der Waals surface area contributed by atoms with E-state index < -0.39 is 0 Å². The molecule has 0 spiro atoms. The molecule has 6 heteroatoms. The molecule has 3 rings (SSSR count). The van der Waals surface area contributed by atoms with Crippen LogP contribution in [0.4, 0.5) is 5.69 Å². The topological polar surface area (TPSA) is 55.9 Å². The molecular weight excluding hydrogens is 320 g/mol. The molecule has 1 N–H and O–H groups in total. The van der Waals surface area contributed by atoms with Gasteiger partial charge in [-0.15, -0.1) is 10.2 Å². The van der Waals surface area contributed by atoms with Crippen LogP contribution in [0.2, 0.25) is 0 Å². The maximum atomic E-state index is 5.44. The van der Waals surface area contributed by atoms with Crippen molar-refractivity contribution >= 4 is 21.6 Å². The maximum absolute atomic E-state index is 5.44. The average molecular weight is 333 g/mol. The lowest BCUT2D eigenvalue weighted by Crippen LogP contribution is -1.98. The zero-order chi connectivity index (χ0) is 13.9. The summed E-state index contributed by atoms with van der Waals surface area (Å²) in [6.45, 7) is 0.648. The molecule has 2 aromatic heterocycles. The Hall–Kier alpha value is -2.08.